The Morgan fingerprint density at radius 3 is 2.61 bits per heavy atom. The first-order valence-corrected chi connectivity index (χ1v) is 6.22. The Morgan fingerprint density at radius 1 is 1.22 bits per heavy atom. The summed E-state index contributed by atoms with van der Waals surface area (Å²) < 4.78 is 5.23. The van der Waals surface area contributed by atoms with Gasteiger partial charge in [-0.2, -0.15) is 4.98 Å². The van der Waals surface area contributed by atoms with Crippen LogP contribution in [0, 0.1) is 13.8 Å². The van der Waals surface area contributed by atoms with Crippen molar-refractivity contribution in [2.24, 2.45) is 0 Å². The molecular formula is C13H16N4O. The summed E-state index contributed by atoms with van der Waals surface area (Å²) in [7, 11) is 0. The lowest BCUT2D eigenvalue weighted by Gasteiger charge is -1.99. The van der Waals surface area contributed by atoms with Gasteiger partial charge < -0.3 is 9.84 Å². The minimum absolute atomic E-state index is 0.635. The molecule has 1 saturated carbocycles. The van der Waals surface area contributed by atoms with Crippen molar-refractivity contribution in [1.29, 1.82) is 0 Å². The van der Waals surface area contributed by atoms with Crippen LogP contribution in [0.4, 0.5) is 0 Å². The number of aromatic nitrogens is 3. The van der Waals surface area contributed by atoms with Crippen molar-refractivity contribution in [1.82, 2.24) is 20.4 Å². The van der Waals surface area contributed by atoms with Gasteiger partial charge in [-0.1, -0.05) is 5.16 Å². The van der Waals surface area contributed by atoms with Gasteiger partial charge in [0.1, 0.15) is 0 Å². The highest BCUT2D eigenvalue weighted by Crippen LogP contribution is 2.20. The molecule has 3 rings (SSSR count). The summed E-state index contributed by atoms with van der Waals surface area (Å²) in [6, 6.07) is 4.58. The molecule has 18 heavy (non-hydrogen) atoms. The predicted molar refractivity (Wildman–Crippen MR) is 66.9 cm³/mol. The first kappa shape index (κ1) is 11.3. The van der Waals surface area contributed by atoms with Gasteiger partial charge in [0.05, 0.1) is 6.54 Å². The smallest absolute Gasteiger partial charge is 0.240 e. The van der Waals surface area contributed by atoms with Crippen LogP contribution >= 0.6 is 0 Å². The second-order valence-corrected chi connectivity index (χ2v) is 4.81. The molecule has 1 aliphatic rings. The number of pyridine rings is 1. The van der Waals surface area contributed by atoms with Crippen LogP contribution in [0.2, 0.25) is 0 Å². The third kappa shape index (κ3) is 2.56. The molecule has 0 atom stereocenters. The molecule has 0 amide bonds. The molecule has 5 nitrogen and oxygen atoms in total. The molecule has 0 spiro atoms. The van der Waals surface area contributed by atoms with Gasteiger partial charge >= 0.3 is 0 Å². The Balaban J connectivity index is 1.78. The Hall–Kier alpha value is -1.75. The maximum absolute atomic E-state index is 5.23. The third-order valence-electron chi connectivity index (χ3n) is 2.93. The molecule has 2 aromatic heterocycles. The van der Waals surface area contributed by atoms with E-state index in [0.717, 1.165) is 17.0 Å². The second-order valence-electron chi connectivity index (χ2n) is 4.81. The zero-order chi connectivity index (χ0) is 12.5. The number of rotatable bonds is 4. The Kier molecular flexibility index (Phi) is 2.83. The Bertz CT molecular complexity index is 540. The monoisotopic (exact) mass is 244 g/mol. The van der Waals surface area contributed by atoms with E-state index in [1.807, 2.05) is 26.0 Å². The summed E-state index contributed by atoms with van der Waals surface area (Å²) in [5, 5.41) is 7.36. The molecule has 0 unspecified atom stereocenters. The number of nitrogens with zero attached hydrogens (tertiary/aromatic N) is 3. The van der Waals surface area contributed by atoms with Crippen LogP contribution < -0.4 is 5.32 Å². The molecule has 0 aliphatic heterocycles. The van der Waals surface area contributed by atoms with Crippen molar-refractivity contribution in [2.45, 2.75) is 39.3 Å². The van der Waals surface area contributed by atoms with E-state index in [0.29, 0.717) is 24.3 Å². The Labute approximate surface area is 106 Å². The lowest BCUT2D eigenvalue weighted by Crippen LogP contribution is -2.15. The second kappa shape index (κ2) is 4.49. The van der Waals surface area contributed by atoms with Crippen LogP contribution in [0.5, 0.6) is 0 Å². The SMILES string of the molecule is Cc1cc(-c2noc(CNC3CC3)n2)cc(C)n1. The van der Waals surface area contributed by atoms with Gasteiger partial charge in [-0.05, 0) is 38.8 Å². The quantitative estimate of drug-likeness (QED) is 0.891. The van der Waals surface area contributed by atoms with Gasteiger partial charge in [-0.3, -0.25) is 4.98 Å². The zero-order valence-electron chi connectivity index (χ0n) is 10.6. The van der Waals surface area contributed by atoms with Gasteiger partial charge in [0.15, 0.2) is 0 Å². The molecule has 5 heteroatoms. The topological polar surface area (TPSA) is 63.8 Å². The largest absolute Gasteiger partial charge is 0.338 e. The van der Waals surface area contributed by atoms with Crippen molar-refractivity contribution in [2.75, 3.05) is 0 Å². The van der Waals surface area contributed by atoms with Gasteiger partial charge in [-0.15, -0.1) is 0 Å². The fraction of sp³-hybridized carbons (Fsp3) is 0.462. The maximum Gasteiger partial charge on any atom is 0.240 e. The van der Waals surface area contributed by atoms with E-state index in [1.54, 1.807) is 0 Å². The van der Waals surface area contributed by atoms with Crippen LogP contribution in [0.1, 0.15) is 30.1 Å². The van der Waals surface area contributed by atoms with Crippen molar-refractivity contribution < 1.29 is 4.52 Å². The minimum Gasteiger partial charge on any atom is -0.338 e. The molecule has 1 fully saturated rings. The standard InChI is InChI=1S/C13H16N4O/c1-8-5-10(6-9(2)15-8)13-16-12(18-17-13)7-14-11-3-4-11/h5-6,11,14H,3-4,7H2,1-2H3. The van der Waals surface area contributed by atoms with Crippen LogP contribution in [0.3, 0.4) is 0 Å². The lowest BCUT2D eigenvalue weighted by atomic mass is 10.2. The predicted octanol–water partition coefficient (Wildman–Crippen LogP) is 2.00. The van der Waals surface area contributed by atoms with Crippen molar-refractivity contribution in [3.05, 3.63) is 29.4 Å². The first-order chi connectivity index (χ1) is 8.70. The first-order valence-electron chi connectivity index (χ1n) is 6.22. The van der Waals surface area contributed by atoms with E-state index in [4.69, 9.17) is 4.52 Å². The Morgan fingerprint density at radius 2 is 1.94 bits per heavy atom. The van der Waals surface area contributed by atoms with Gasteiger partial charge in [0, 0.05) is 23.0 Å². The van der Waals surface area contributed by atoms with Crippen molar-refractivity contribution in [3.63, 3.8) is 0 Å². The summed E-state index contributed by atoms with van der Waals surface area (Å²) in [5.74, 6) is 1.28. The van der Waals surface area contributed by atoms with Crippen molar-refractivity contribution >= 4 is 0 Å². The van der Waals surface area contributed by atoms with E-state index in [2.05, 4.69) is 20.4 Å². The summed E-state index contributed by atoms with van der Waals surface area (Å²) in [5.41, 5.74) is 2.89. The molecule has 94 valence electrons. The van der Waals surface area contributed by atoms with E-state index in [9.17, 15) is 0 Å². The minimum atomic E-state index is 0.635. The molecule has 0 radical (unpaired) electrons. The lowest BCUT2D eigenvalue weighted by molar-refractivity contribution is 0.367. The van der Waals surface area contributed by atoms with Gasteiger partial charge in [-0.25, -0.2) is 0 Å². The summed E-state index contributed by atoms with van der Waals surface area (Å²) in [6.07, 6.45) is 2.51. The molecule has 0 bridgehead atoms. The molecule has 1 aliphatic carbocycles. The zero-order valence-corrected chi connectivity index (χ0v) is 10.6. The average Bonchev–Trinajstić information content (AvgIpc) is 3.02. The summed E-state index contributed by atoms with van der Waals surface area (Å²) in [6.45, 7) is 4.58. The normalized spacial score (nSPS) is 15.0. The number of hydrogen-bond acceptors (Lipinski definition) is 5. The van der Waals surface area contributed by atoms with Gasteiger partial charge in [0.25, 0.3) is 0 Å². The molecule has 2 heterocycles. The molecular weight excluding hydrogens is 228 g/mol. The van der Waals surface area contributed by atoms with Crippen LogP contribution in [0.25, 0.3) is 11.4 Å². The fourth-order valence-electron chi connectivity index (χ4n) is 1.93. The molecule has 2 aromatic rings. The molecule has 1 N–H and O–H groups in total. The van der Waals surface area contributed by atoms with Crippen LogP contribution in [-0.2, 0) is 6.54 Å². The number of hydrogen-bond donors (Lipinski definition) is 1. The number of aryl methyl sites for hydroxylation is 2. The van der Waals surface area contributed by atoms with E-state index >= 15 is 0 Å². The number of nitrogens with one attached hydrogen (secondary N) is 1. The maximum atomic E-state index is 5.23. The van der Waals surface area contributed by atoms with E-state index < -0.39 is 0 Å². The van der Waals surface area contributed by atoms with Gasteiger partial charge in [0.2, 0.25) is 11.7 Å². The molecule has 0 saturated heterocycles. The average molecular weight is 244 g/mol. The summed E-state index contributed by atoms with van der Waals surface area (Å²) in [4.78, 5) is 8.73. The van der Waals surface area contributed by atoms with E-state index in [1.165, 1.54) is 12.8 Å². The van der Waals surface area contributed by atoms with Crippen molar-refractivity contribution in [3.8, 4) is 11.4 Å². The van der Waals surface area contributed by atoms with E-state index in [-0.39, 0.29) is 0 Å². The fourth-order valence-corrected chi connectivity index (χ4v) is 1.93. The highest BCUT2D eigenvalue weighted by molar-refractivity contribution is 5.55. The molecule has 0 aromatic carbocycles. The van der Waals surface area contributed by atoms with Crippen LogP contribution in [-0.4, -0.2) is 21.2 Å². The third-order valence-corrected chi connectivity index (χ3v) is 2.93. The highest BCUT2D eigenvalue weighted by Gasteiger charge is 2.21. The highest BCUT2D eigenvalue weighted by atomic mass is 16.5. The summed E-state index contributed by atoms with van der Waals surface area (Å²) >= 11 is 0. The van der Waals surface area contributed by atoms with Crippen LogP contribution in [0.15, 0.2) is 16.7 Å².